The molecule has 1 aromatic rings. The summed E-state index contributed by atoms with van der Waals surface area (Å²) in [6, 6.07) is 0. The zero-order valence-electron chi connectivity index (χ0n) is 10.3. The van der Waals surface area contributed by atoms with E-state index < -0.39 is 5.60 Å². The summed E-state index contributed by atoms with van der Waals surface area (Å²) in [5.74, 6) is 1.17. The van der Waals surface area contributed by atoms with Crippen molar-refractivity contribution in [2.24, 2.45) is 5.92 Å². The molecule has 6 heteroatoms. The van der Waals surface area contributed by atoms with Crippen molar-refractivity contribution >= 4 is 5.91 Å². The van der Waals surface area contributed by atoms with Crippen LogP contribution in [-0.4, -0.2) is 28.8 Å². The Hall–Kier alpha value is -1.43. The molecule has 1 unspecified atom stereocenters. The molecule has 0 spiro atoms. The number of nitrogens with one attached hydrogen (secondary N) is 1. The highest BCUT2D eigenvalue weighted by atomic mass is 16.5. The minimum atomic E-state index is -0.737. The summed E-state index contributed by atoms with van der Waals surface area (Å²) >= 11 is 0. The van der Waals surface area contributed by atoms with Gasteiger partial charge in [0.2, 0.25) is 5.89 Å². The lowest BCUT2D eigenvalue weighted by Gasteiger charge is -2.26. The summed E-state index contributed by atoms with van der Waals surface area (Å²) in [5, 5.41) is 6.49. The second-order valence-corrected chi connectivity index (χ2v) is 4.50. The quantitative estimate of drug-likeness (QED) is 0.822. The number of carbonyl (C=O) groups excluding carboxylic acids is 1. The first kappa shape index (κ1) is 12.0. The minimum Gasteiger partial charge on any atom is -0.368 e. The maximum Gasteiger partial charge on any atom is 0.252 e. The molecule has 0 aromatic carbocycles. The molecule has 0 aliphatic heterocycles. The summed E-state index contributed by atoms with van der Waals surface area (Å²) in [5.41, 5.74) is -0.737. The lowest BCUT2D eigenvalue weighted by atomic mass is 9.99. The van der Waals surface area contributed by atoms with Crippen molar-refractivity contribution in [3.8, 4) is 0 Å². The number of ether oxygens (including phenoxy) is 1. The first-order valence-electron chi connectivity index (χ1n) is 5.69. The predicted octanol–water partition coefficient (Wildman–Crippen LogP) is 0.809. The van der Waals surface area contributed by atoms with Crippen LogP contribution in [0.5, 0.6) is 0 Å². The maximum absolute atomic E-state index is 12.0. The number of amides is 1. The van der Waals surface area contributed by atoms with E-state index in [9.17, 15) is 4.79 Å². The van der Waals surface area contributed by atoms with Crippen LogP contribution in [0.4, 0.5) is 0 Å². The molecular formula is C11H17N3O3. The first-order valence-corrected chi connectivity index (χ1v) is 5.69. The average Bonchev–Trinajstić information content (AvgIpc) is 3.09. The second kappa shape index (κ2) is 4.44. The summed E-state index contributed by atoms with van der Waals surface area (Å²) in [6.45, 7) is 3.80. The topological polar surface area (TPSA) is 77.2 Å². The molecule has 1 aliphatic rings. The zero-order chi connectivity index (χ0) is 12.5. The van der Waals surface area contributed by atoms with E-state index in [0.717, 1.165) is 12.8 Å². The normalized spacial score (nSPS) is 18.8. The fourth-order valence-corrected chi connectivity index (χ4v) is 1.83. The van der Waals surface area contributed by atoms with Gasteiger partial charge in [-0.2, -0.15) is 4.98 Å². The SMILES string of the molecule is COC(C)(C(=O)NCc1noc(C)n1)C1CC1. The van der Waals surface area contributed by atoms with Gasteiger partial charge >= 0.3 is 0 Å². The van der Waals surface area contributed by atoms with E-state index in [4.69, 9.17) is 9.26 Å². The fourth-order valence-electron chi connectivity index (χ4n) is 1.83. The first-order chi connectivity index (χ1) is 8.06. The number of aryl methyl sites for hydroxylation is 1. The smallest absolute Gasteiger partial charge is 0.252 e. The third-order valence-electron chi connectivity index (χ3n) is 3.21. The van der Waals surface area contributed by atoms with Crippen LogP contribution >= 0.6 is 0 Å². The zero-order valence-corrected chi connectivity index (χ0v) is 10.3. The van der Waals surface area contributed by atoms with Gasteiger partial charge in [0.1, 0.15) is 5.60 Å². The number of hydrogen-bond acceptors (Lipinski definition) is 5. The van der Waals surface area contributed by atoms with Crippen molar-refractivity contribution in [3.63, 3.8) is 0 Å². The van der Waals surface area contributed by atoms with E-state index in [-0.39, 0.29) is 12.5 Å². The second-order valence-electron chi connectivity index (χ2n) is 4.50. The molecule has 1 aliphatic carbocycles. The minimum absolute atomic E-state index is 0.120. The number of nitrogens with zero attached hydrogens (tertiary/aromatic N) is 2. The van der Waals surface area contributed by atoms with E-state index in [1.165, 1.54) is 0 Å². The van der Waals surface area contributed by atoms with E-state index in [0.29, 0.717) is 17.6 Å². The van der Waals surface area contributed by atoms with E-state index in [1.807, 2.05) is 6.92 Å². The van der Waals surface area contributed by atoms with Crippen molar-refractivity contribution in [1.82, 2.24) is 15.5 Å². The van der Waals surface area contributed by atoms with Crippen LogP contribution in [0.2, 0.25) is 0 Å². The van der Waals surface area contributed by atoms with E-state index in [2.05, 4.69) is 15.5 Å². The van der Waals surface area contributed by atoms with Crippen LogP contribution in [0.25, 0.3) is 0 Å². The fraction of sp³-hybridized carbons (Fsp3) is 0.727. The molecule has 1 aromatic heterocycles. The Morgan fingerprint density at radius 3 is 2.82 bits per heavy atom. The van der Waals surface area contributed by atoms with Crippen LogP contribution in [0.3, 0.4) is 0 Å². The number of carbonyl (C=O) groups is 1. The van der Waals surface area contributed by atoms with Crippen molar-refractivity contribution in [1.29, 1.82) is 0 Å². The molecule has 1 atom stereocenters. The van der Waals surface area contributed by atoms with Crippen molar-refractivity contribution in [3.05, 3.63) is 11.7 Å². The molecule has 94 valence electrons. The maximum atomic E-state index is 12.0. The Labute approximate surface area is 99.7 Å². The molecule has 0 radical (unpaired) electrons. The molecule has 1 N–H and O–H groups in total. The Kier molecular flexibility index (Phi) is 3.15. The molecule has 6 nitrogen and oxygen atoms in total. The van der Waals surface area contributed by atoms with Gasteiger partial charge in [0.25, 0.3) is 5.91 Å². The van der Waals surface area contributed by atoms with Crippen molar-refractivity contribution in [2.75, 3.05) is 7.11 Å². The van der Waals surface area contributed by atoms with E-state index >= 15 is 0 Å². The Morgan fingerprint density at radius 2 is 2.35 bits per heavy atom. The summed E-state index contributed by atoms with van der Waals surface area (Å²) < 4.78 is 10.2. The number of rotatable bonds is 5. The van der Waals surface area contributed by atoms with Gasteiger partial charge in [-0.25, -0.2) is 0 Å². The number of methoxy groups -OCH3 is 1. The molecule has 1 fully saturated rings. The summed E-state index contributed by atoms with van der Waals surface area (Å²) in [7, 11) is 1.57. The standard InChI is InChI=1S/C11H17N3O3/c1-7-13-9(14-17-7)6-12-10(15)11(2,16-3)8-4-5-8/h8H,4-6H2,1-3H3,(H,12,15). The summed E-state index contributed by atoms with van der Waals surface area (Å²) in [6.07, 6.45) is 2.08. The highest BCUT2D eigenvalue weighted by molar-refractivity contribution is 5.85. The highest BCUT2D eigenvalue weighted by Gasteiger charge is 2.47. The molecule has 1 saturated carbocycles. The monoisotopic (exact) mass is 239 g/mol. The Morgan fingerprint density at radius 1 is 1.65 bits per heavy atom. The van der Waals surface area contributed by atoms with Gasteiger partial charge in [0.15, 0.2) is 5.82 Å². The lowest BCUT2D eigenvalue weighted by Crippen LogP contribution is -2.47. The number of aromatic nitrogens is 2. The van der Waals surface area contributed by atoms with Crippen LogP contribution in [0.15, 0.2) is 4.52 Å². The van der Waals surface area contributed by atoms with Crippen molar-refractivity contribution in [2.45, 2.75) is 38.8 Å². The van der Waals surface area contributed by atoms with Gasteiger partial charge in [0, 0.05) is 14.0 Å². The largest absolute Gasteiger partial charge is 0.368 e. The molecule has 2 rings (SSSR count). The van der Waals surface area contributed by atoms with Crippen LogP contribution in [0.1, 0.15) is 31.5 Å². The number of hydrogen-bond donors (Lipinski definition) is 1. The van der Waals surface area contributed by atoms with Gasteiger partial charge in [-0.15, -0.1) is 0 Å². The van der Waals surface area contributed by atoms with Gasteiger partial charge in [0.05, 0.1) is 6.54 Å². The van der Waals surface area contributed by atoms with Gasteiger partial charge in [-0.3, -0.25) is 4.79 Å². The van der Waals surface area contributed by atoms with Crippen LogP contribution in [0, 0.1) is 12.8 Å². The predicted molar refractivity (Wildman–Crippen MR) is 59.0 cm³/mol. The molecule has 0 saturated heterocycles. The van der Waals surface area contributed by atoms with Crippen LogP contribution in [-0.2, 0) is 16.1 Å². The molecule has 1 heterocycles. The Balaban J connectivity index is 1.92. The lowest BCUT2D eigenvalue weighted by molar-refractivity contribution is -0.144. The van der Waals surface area contributed by atoms with Gasteiger partial charge in [-0.05, 0) is 25.7 Å². The third-order valence-corrected chi connectivity index (χ3v) is 3.21. The van der Waals surface area contributed by atoms with Crippen molar-refractivity contribution < 1.29 is 14.1 Å². The van der Waals surface area contributed by atoms with Gasteiger partial charge in [-0.1, -0.05) is 5.16 Å². The van der Waals surface area contributed by atoms with E-state index in [1.54, 1.807) is 14.0 Å². The Bertz CT molecular complexity index is 414. The molecule has 0 bridgehead atoms. The highest BCUT2D eigenvalue weighted by Crippen LogP contribution is 2.41. The molecular weight excluding hydrogens is 222 g/mol. The molecule has 17 heavy (non-hydrogen) atoms. The summed E-state index contributed by atoms with van der Waals surface area (Å²) in [4.78, 5) is 16.1. The molecule has 1 amide bonds. The average molecular weight is 239 g/mol. The van der Waals surface area contributed by atoms with Gasteiger partial charge < -0.3 is 14.6 Å². The van der Waals surface area contributed by atoms with Crippen LogP contribution < -0.4 is 5.32 Å². The third kappa shape index (κ3) is 2.46.